The molecule has 154 valence electrons. The number of hydrogen-bond donors (Lipinski definition) is 2. The zero-order chi connectivity index (χ0) is 20.8. The first-order valence-corrected chi connectivity index (χ1v) is 10.5. The maximum absolute atomic E-state index is 12.4. The van der Waals surface area contributed by atoms with Crippen LogP contribution < -0.4 is 15.4 Å². The molecule has 1 aliphatic rings. The van der Waals surface area contributed by atoms with Crippen LogP contribution in [-0.4, -0.2) is 24.5 Å². The third-order valence-electron chi connectivity index (χ3n) is 5.39. The number of amides is 2. The van der Waals surface area contributed by atoms with Crippen molar-refractivity contribution in [2.45, 2.75) is 38.2 Å². The van der Waals surface area contributed by atoms with E-state index < -0.39 is 0 Å². The minimum atomic E-state index is -0.179. The molecule has 0 radical (unpaired) electrons. The standard InChI is InChI=1S/C25H26N2O3/c28-24(27-21-11-13-23(14-12-21)30-22-7-3-4-8-22)15-16-26-25(29)20-10-9-18-5-1-2-6-19(18)17-20/h1-2,5-6,9-14,17,22H,3-4,7-8,15-16H2,(H,26,29)(H,27,28). The molecule has 1 saturated carbocycles. The van der Waals surface area contributed by atoms with Crippen LogP contribution in [0.25, 0.3) is 10.8 Å². The molecule has 0 heterocycles. The third-order valence-corrected chi connectivity index (χ3v) is 5.39. The summed E-state index contributed by atoms with van der Waals surface area (Å²) < 4.78 is 5.94. The van der Waals surface area contributed by atoms with Gasteiger partial charge in [0.2, 0.25) is 5.91 Å². The molecule has 0 spiro atoms. The third kappa shape index (κ3) is 5.17. The van der Waals surface area contributed by atoms with E-state index in [4.69, 9.17) is 4.74 Å². The first-order chi connectivity index (χ1) is 14.7. The number of carbonyl (C=O) groups is 2. The number of ether oxygens (including phenoxy) is 1. The molecule has 5 heteroatoms. The summed E-state index contributed by atoms with van der Waals surface area (Å²) in [4.78, 5) is 24.5. The summed E-state index contributed by atoms with van der Waals surface area (Å²) in [6.45, 7) is 0.278. The summed E-state index contributed by atoms with van der Waals surface area (Å²) in [7, 11) is 0. The quantitative estimate of drug-likeness (QED) is 0.589. The van der Waals surface area contributed by atoms with E-state index in [1.165, 1.54) is 12.8 Å². The molecule has 30 heavy (non-hydrogen) atoms. The highest BCUT2D eigenvalue weighted by molar-refractivity contribution is 5.99. The molecule has 0 unspecified atom stereocenters. The molecule has 2 N–H and O–H groups in total. The predicted octanol–water partition coefficient (Wildman–Crippen LogP) is 4.92. The van der Waals surface area contributed by atoms with Gasteiger partial charge < -0.3 is 15.4 Å². The van der Waals surface area contributed by atoms with Crippen LogP contribution in [0, 0.1) is 0 Å². The number of nitrogens with one attached hydrogen (secondary N) is 2. The van der Waals surface area contributed by atoms with Crippen LogP contribution in [0.2, 0.25) is 0 Å². The fourth-order valence-corrected chi connectivity index (χ4v) is 3.76. The Hall–Kier alpha value is -3.34. The second-order valence-corrected chi connectivity index (χ2v) is 7.66. The Morgan fingerprint density at radius 1 is 0.900 bits per heavy atom. The number of fused-ring (bicyclic) bond motifs is 1. The Morgan fingerprint density at radius 3 is 2.40 bits per heavy atom. The number of anilines is 1. The number of hydrogen-bond acceptors (Lipinski definition) is 3. The van der Waals surface area contributed by atoms with Crippen LogP contribution in [0.1, 0.15) is 42.5 Å². The zero-order valence-corrected chi connectivity index (χ0v) is 16.9. The molecule has 4 rings (SSSR count). The van der Waals surface area contributed by atoms with Crippen LogP contribution in [0.3, 0.4) is 0 Å². The summed E-state index contributed by atoms with van der Waals surface area (Å²) >= 11 is 0. The van der Waals surface area contributed by atoms with Gasteiger partial charge in [0, 0.05) is 24.2 Å². The van der Waals surface area contributed by atoms with Crippen molar-refractivity contribution in [1.29, 1.82) is 0 Å². The van der Waals surface area contributed by atoms with Crippen molar-refractivity contribution in [3.8, 4) is 5.75 Å². The van der Waals surface area contributed by atoms with Crippen molar-refractivity contribution in [3.05, 3.63) is 72.3 Å². The van der Waals surface area contributed by atoms with Gasteiger partial charge >= 0.3 is 0 Å². The first-order valence-electron chi connectivity index (χ1n) is 10.5. The van der Waals surface area contributed by atoms with Crippen molar-refractivity contribution in [1.82, 2.24) is 5.32 Å². The molecule has 0 aliphatic heterocycles. The fraction of sp³-hybridized carbons (Fsp3) is 0.280. The van der Waals surface area contributed by atoms with E-state index in [1.807, 2.05) is 60.7 Å². The predicted molar refractivity (Wildman–Crippen MR) is 119 cm³/mol. The zero-order valence-electron chi connectivity index (χ0n) is 16.9. The lowest BCUT2D eigenvalue weighted by molar-refractivity contribution is -0.116. The van der Waals surface area contributed by atoms with E-state index in [2.05, 4.69) is 10.6 Å². The summed E-state index contributed by atoms with van der Waals surface area (Å²) in [5, 5.41) is 7.77. The highest BCUT2D eigenvalue weighted by Crippen LogP contribution is 2.25. The van der Waals surface area contributed by atoms with Gasteiger partial charge in [-0.25, -0.2) is 0 Å². The number of benzene rings is 3. The van der Waals surface area contributed by atoms with Gasteiger partial charge in [-0.3, -0.25) is 9.59 Å². The average Bonchev–Trinajstić information content (AvgIpc) is 3.28. The molecule has 5 nitrogen and oxygen atoms in total. The van der Waals surface area contributed by atoms with Gasteiger partial charge in [0.15, 0.2) is 0 Å². The Bertz CT molecular complexity index is 1020. The van der Waals surface area contributed by atoms with Crippen LogP contribution in [0.15, 0.2) is 66.7 Å². The molecule has 3 aromatic rings. The number of rotatable bonds is 7. The molecule has 0 bridgehead atoms. The summed E-state index contributed by atoms with van der Waals surface area (Å²) in [5.74, 6) is 0.516. The molecule has 0 atom stereocenters. The normalized spacial score (nSPS) is 13.9. The first kappa shape index (κ1) is 20.0. The molecule has 2 amide bonds. The van der Waals surface area contributed by atoms with E-state index in [9.17, 15) is 9.59 Å². The highest BCUT2D eigenvalue weighted by atomic mass is 16.5. The molecule has 0 aromatic heterocycles. The molecular formula is C25H26N2O3. The molecule has 1 aliphatic carbocycles. The van der Waals surface area contributed by atoms with Crippen molar-refractivity contribution in [3.63, 3.8) is 0 Å². The average molecular weight is 402 g/mol. The van der Waals surface area contributed by atoms with E-state index in [-0.39, 0.29) is 24.8 Å². The molecule has 1 fully saturated rings. The Morgan fingerprint density at radius 2 is 1.63 bits per heavy atom. The molecule has 3 aromatic carbocycles. The van der Waals surface area contributed by atoms with Gasteiger partial charge in [-0.05, 0) is 72.9 Å². The summed E-state index contributed by atoms with van der Waals surface area (Å²) in [6, 6.07) is 20.9. The van der Waals surface area contributed by atoms with E-state index >= 15 is 0 Å². The Kier molecular flexibility index (Phi) is 6.28. The summed E-state index contributed by atoms with van der Waals surface area (Å²) in [6.07, 6.45) is 5.22. The van der Waals surface area contributed by atoms with Gasteiger partial charge in [-0.1, -0.05) is 30.3 Å². The van der Waals surface area contributed by atoms with Crippen molar-refractivity contribution in [2.24, 2.45) is 0 Å². The van der Waals surface area contributed by atoms with Crippen LogP contribution in [0.4, 0.5) is 5.69 Å². The second kappa shape index (κ2) is 9.44. The number of carbonyl (C=O) groups excluding carboxylic acids is 2. The topological polar surface area (TPSA) is 67.4 Å². The molecular weight excluding hydrogens is 376 g/mol. The van der Waals surface area contributed by atoms with Crippen molar-refractivity contribution in [2.75, 3.05) is 11.9 Å². The monoisotopic (exact) mass is 402 g/mol. The second-order valence-electron chi connectivity index (χ2n) is 7.66. The van der Waals surface area contributed by atoms with Crippen LogP contribution in [-0.2, 0) is 4.79 Å². The smallest absolute Gasteiger partial charge is 0.251 e. The maximum atomic E-state index is 12.4. The highest BCUT2D eigenvalue weighted by Gasteiger charge is 2.16. The SMILES string of the molecule is O=C(CCNC(=O)c1ccc2ccccc2c1)Nc1ccc(OC2CCCC2)cc1. The van der Waals surface area contributed by atoms with Crippen molar-refractivity contribution >= 4 is 28.3 Å². The lowest BCUT2D eigenvalue weighted by atomic mass is 10.1. The van der Waals surface area contributed by atoms with Gasteiger partial charge in [-0.2, -0.15) is 0 Å². The van der Waals surface area contributed by atoms with Crippen LogP contribution in [0.5, 0.6) is 5.75 Å². The molecule has 0 saturated heterocycles. The minimum Gasteiger partial charge on any atom is -0.490 e. The van der Waals surface area contributed by atoms with Gasteiger partial charge in [0.05, 0.1) is 6.10 Å². The largest absolute Gasteiger partial charge is 0.490 e. The fourth-order valence-electron chi connectivity index (χ4n) is 3.76. The van der Waals surface area contributed by atoms with Gasteiger partial charge in [0.1, 0.15) is 5.75 Å². The van der Waals surface area contributed by atoms with Crippen molar-refractivity contribution < 1.29 is 14.3 Å². The van der Waals surface area contributed by atoms with E-state index in [0.717, 1.165) is 35.1 Å². The van der Waals surface area contributed by atoms with Gasteiger partial charge in [0.25, 0.3) is 5.91 Å². The van der Waals surface area contributed by atoms with E-state index in [1.54, 1.807) is 6.07 Å². The lowest BCUT2D eigenvalue weighted by Crippen LogP contribution is -2.27. The Balaban J connectivity index is 1.22. The Labute approximate surface area is 176 Å². The maximum Gasteiger partial charge on any atom is 0.251 e. The minimum absolute atomic E-state index is 0.140. The van der Waals surface area contributed by atoms with Gasteiger partial charge in [-0.15, -0.1) is 0 Å². The van der Waals surface area contributed by atoms with E-state index in [0.29, 0.717) is 11.7 Å². The summed E-state index contributed by atoms with van der Waals surface area (Å²) in [5.41, 5.74) is 1.31. The lowest BCUT2D eigenvalue weighted by Gasteiger charge is -2.13. The van der Waals surface area contributed by atoms with Crippen LogP contribution >= 0.6 is 0 Å².